The lowest BCUT2D eigenvalue weighted by molar-refractivity contribution is 0.0682. The Morgan fingerprint density at radius 1 is 0.909 bits per heavy atom. The van der Waals surface area contributed by atoms with Crippen molar-refractivity contribution in [1.82, 2.24) is 0 Å². The minimum absolute atomic E-state index is 0.183. The van der Waals surface area contributed by atoms with Crippen LogP contribution in [0.1, 0.15) is 20.7 Å². The third kappa shape index (κ3) is 3.23. The van der Waals surface area contributed by atoms with Crippen LogP contribution in [0.5, 0.6) is 5.75 Å². The predicted molar refractivity (Wildman–Crippen MR) is 81.2 cm³/mol. The fourth-order valence-corrected chi connectivity index (χ4v) is 3.54. The molecular weight excluding hydrogens is 328 g/mol. The summed E-state index contributed by atoms with van der Waals surface area (Å²) in [6, 6.07) is 11.0. The molecule has 1 atom stereocenters. The Labute approximate surface area is 130 Å². The molecule has 0 fully saturated rings. The Morgan fingerprint density at radius 3 is 2.00 bits per heavy atom. The first-order valence-corrected chi connectivity index (χ1v) is 8.33. The molecule has 114 valence electrons. The topological polar surface area (TPSA) is 101 Å². The highest BCUT2D eigenvalue weighted by Gasteiger charge is 2.22. The lowest BCUT2D eigenvalue weighted by Gasteiger charge is -2.13. The first-order chi connectivity index (χ1) is 10.3. The van der Waals surface area contributed by atoms with Crippen LogP contribution in [0.25, 0.3) is 0 Å². The van der Waals surface area contributed by atoms with E-state index in [4.69, 9.17) is 25.6 Å². The first kappa shape index (κ1) is 15.9. The first-order valence-electron chi connectivity index (χ1n) is 5.92. The number of hydrogen-bond donors (Lipinski definition) is 2. The quantitative estimate of drug-likeness (QED) is 0.861. The summed E-state index contributed by atoms with van der Waals surface area (Å²) >= 11 is 4.89. The lowest BCUT2D eigenvalue weighted by Crippen LogP contribution is -2.15. The fourth-order valence-electron chi connectivity index (χ4n) is 1.74. The number of para-hydroxylation sites is 1. The highest BCUT2D eigenvalue weighted by atomic mass is 32.8. The SMILES string of the molecule is O=C(O)c1ccccc1OS(=O)(=S)c1ccccc1C(=O)O. The van der Waals surface area contributed by atoms with E-state index in [0.29, 0.717) is 0 Å². The van der Waals surface area contributed by atoms with Crippen molar-refractivity contribution in [1.29, 1.82) is 0 Å². The number of carbonyl (C=O) groups is 2. The van der Waals surface area contributed by atoms with Crippen LogP contribution < -0.4 is 4.18 Å². The molecule has 0 saturated heterocycles. The van der Waals surface area contributed by atoms with Crippen LogP contribution in [0.3, 0.4) is 0 Å². The molecule has 2 aromatic carbocycles. The van der Waals surface area contributed by atoms with Gasteiger partial charge in [0.05, 0.1) is 10.5 Å². The summed E-state index contributed by atoms with van der Waals surface area (Å²) in [6.07, 6.45) is 0. The third-order valence-electron chi connectivity index (χ3n) is 2.70. The van der Waals surface area contributed by atoms with E-state index in [9.17, 15) is 13.8 Å². The number of hydrogen-bond acceptors (Lipinski definition) is 5. The van der Waals surface area contributed by atoms with Gasteiger partial charge in [-0.25, -0.2) is 13.8 Å². The largest absolute Gasteiger partial charge is 0.478 e. The summed E-state index contributed by atoms with van der Waals surface area (Å²) in [5, 5.41) is 18.2. The van der Waals surface area contributed by atoms with Crippen molar-refractivity contribution in [2.75, 3.05) is 0 Å². The zero-order valence-corrected chi connectivity index (χ0v) is 12.6. The smallest absolute Gasteiger partial charge is 0.339 e. The van der Waals surface area contributed by atoms with Gasteiger partial charge >= 0.3 is 11.9 Å². The highest BCUT2D eigenvalue weighted by molar-refractivity contribution is 8.30. The van der Waals surface area contributed by atoms with E-state index in [1.54, 1.807) is 0 Å². The zero-order valence-electron chi connectivity index (χ0n) is 11.0. The maximum absolute atomic E-state index is 12.6. The molecule has 0 aliphatic carbocycles. The highest BCUT2D eigenvalue weighted by Crippen LogP contribution is 2.25. The Kier molecular flexibility index (Phi) is 4.43. The summed E-state index contributed by atoms with van der Waals surface area (Å²) in [7, 11) is -3.66. The van der Waals surface area contributed by atoms with E-state index in [1.165, 1.54) is 48.5 Å². The van der Waals surface area contributed by atoms with Gasteiger partial charge in [-0.3, -0.25) is 0 Å². The number of carboxylic acids is 2. The Bertz CT molecular complexity index is 842. The predicted octanol–water partition coefficient (Wildman–Crippen LogP) is 2.18. The monoisotopic (exact) mass is 338 g/mol. The molecule has 0 bridgehead atoms. The van der Waals surface area contributed by atoms with Crippen LogP contribution in [-0.2, 0) is 20.0 Å². The Balaban J connectivity index is 2.50. The Morgan fingerprint density at radius 2 is 1.41 bits per heavy atom. The van der Waals surface area contributed by atoms with Crippen molar-refractivity contribution < 1.29 is 28.2 Å². The van der Waals surface area contributed by atoms with Gasteiger partial charge in [0.25, 0.3) is 0 Å². The number of benzene rings is 2. The molecule has 2 rings (SSSR count). The van der Waals surface area contributed by atoms with Crippen LogP contribution in [0, 0.1) is 0 Å². The third-order valence-corrected chi connectivity index (χ3v) is 4.74. The lowest BCUT2D eigenvalue weighted by atomic mass is 10.2. The summed E-state index contributed by atoms with van der Waals surface area (Å²) in [6.45, 7) is 0. The van der Waals surface area contributed by atoms with Crippen LogP contribution in [0.15, 0.2) is 53.4 Å². The summed E-state index contributed by atoms with van der Waals surface area (Å²) < 4.78 is 17.8. The van der Waals surface area contributed by atoms with Gasteiger partial charge in [-0.2, -0.15) is 0 Å². The number of carboxylic acid groups (broad SMARTS) is 2. The number of rotatable bonds is 5. The average Bonchev–Trinajstić information content (AvgIpc) is 2.47. The van der Waals surface area contributed by atoms with Gasteiger partial charge in [0.15, 0.2) is 5.75 Å². The van der Waals surface area contributed by atoms with Crippen LogP contribution >= 0.6 is 0 Å². The molecule has 0 aromatic heterocycles. The van der Waals surface area contributed by atoms with Gasteiger partial charge in [0.2, 0.25) is 8.77 Å². The van der Waals surface area contributed by atoms with Gasteiger partial charge in [0.1, 0.15) is 5.56 Å². The molecule has 2 aromatic rings. The second kappa shape index (κ2) is 6.12. The van der Waals surface area contributed by atoms with Crippen molar-refractivity contribution in [3.63, 3.8) is 0 Å². The van der Waals surface area contributed by atoms with Crippen molar-refractivity contribution >= 4 is 31.9 Å². The molecule has 0 radical (unpaired) electrons. The molecule has 2 N–H and O–H groups in total. The summed E-state index contributed by atoms with van der Waals surface area (Å²) in [5.41, 5.74) is -0.469. The van der Waals surface area contributed by atoms with Crippen molar-refractivity contribution in [2.45, 2.75) is 4.90 Å². The van der Waals surface area contributed by atoms with Gasteiger partial charge in [0, 0.05) is 11.2 Å². The molecule has 0 aliphatic rings. The van der Waals surface area contributed by atoms with E-state index in [0.717, 1.165) is 0 Å². The van der Waals surface area contributed by atoms with Crippen LogP contribution in [0.2, 0.25) is 0 Å². The minimum Gasteiger partial charge on any atom is -0.478 e. The van der Waals surface area contributed by atoms with Gasteiger partial charge < -0.3 is 14.4 Å². The second-order valence-corrected chi connectivity index (χ2v) is 6.97. The molecule has 0 saturated carbocycles. The molecule has 8 heteroatoms. The maximum Gasteiger partial charge on any atom is 0.339 e. The molecule has 22 heavy (non-hydrogen) atoms. The zero-order chi connectivity index (χ0) is 16.3. The summed E-state index contributed by atoms with van der Waals surface area (Å²) in [5.74, 6) is -2.76. The van der Waals surface area contributed by atoms with E-state index in [-0.39, 0.29) is 21.8 Å². The minimum atomic E-state index is -3.66. The summed E-state index contributed by atoms with van der Waals surface area (Å²) in [4.78, 5) is 22.1. The standard InChI is InChI=1S/C14H10O6S2/c15-13(16)9-5-1-3-7-11(9)20-22(19,21)12-8-4-2-6-10(12)14(17)18/h1-8H,(H,15,16)(H,17,18). The second-order valence-electron chi connectivity index (χ2n) is 4.14. The molecule has 0 amide bonds. The normalized spacial score (nSPS) is 13.1. The fraction of sp³-hybridized carbons (Fsp3) is 0. The average molecular weight is 338 g/mol. The molecule has 1 unspecified atom stereocenters. The van der Waals surface area contributed by atoms with Crippen LogP contribution in [0.4, 0.5) is 0 Å². The van der Waals surface area contributed by atoms with E-state index >= 15 is 0 Å². The number of aromatic carboxylic acids is 2. The van der Waals surface area contributed by atoms with Crippen molar-refractivity contribution in [2.24, 2.45) is 0 Å². The molecule has 0 spiro atoms. The van der Waals surface area contributed by atoms with E-state index in [2.05, 4.69) is 0 Å². The molecule has 0 heterocycles. The molecule has 0 aliphatic heterocycles. The van der Waals surface area contributed by atoms with Crippen molar-refractivity contribution in [3.8, 4) is 5.75 Å². The van der Waals surface area contributed by atoms with Crippen LogP contribution in [-0.4, -0.2) is 26.4 Å². The Hall–Kier alpha value is -2.45. The molecule has 6 nitrogen and oxygen atoms in total. The van der Waals surface area contributed by atoms with Gasteiger partial charge in [-0.05, 0) is 24.3 Å². The maximum atomic E-state index is 12.6. The van der Waals surface area contributed by atoms with E-state index in [1.807, 2.05) is 0 Å². The molecular formula is C14H10O6S2. The van der Waals surface area contributed by atoms with Crippen molar-refractivity contribution in [3.05, 3.63) is 59.7 Å². The van der Waals surface area contributed by atoms with Gasteiger partial charge in [-0.15, -0.1) is 0 Å². The van der Waals surface area contributed by atoms with Gasteiger partial charge in [-0.1, -0.05) is 24.3 Å². The van der Waals surface area contributed by atoms with E-state index < -0.39 is 20.7 Å².